The first kappa shape index (κ1) is 26.3. The molecule has 170 valence electrons. The highest BCUT2D eigenvalue weighted by molar-refractivity contribution is 5.85. The number of ether oxygens (including phenoxy) is 1. The van der Waals surface area contributed by atoms with E-state index >= 15 is 0 Å². The summed E-state index contributed by atoms with van der Waals surface area (Å²) in [5, 5.41) is 6.67. The Morgan fingerprint density at radius 3 is 2.17 bits per heavy atom. The van der Waals surface area contributed by atoms with Crippen LogP contribution in [0.25, 0.3) is 0 Å². The number of piperazine rings is 1. The molecule has 1 aliphatic carbocycles. The summed E-state index contributed by atoms with van der Waals surface area (Å²) in [6, 6.07) is 1.09. The average molecular weight is 453 g/mol. The molecule has 2 amide bonds. The number of urea groups is 1. The van der Waals surface area contributed by atoms with Crippen LogP contribution < -0.4 is 10.6 Å². The van der Waals surface area contributed by atoms with E-state index in [9.17, 15) is 9.59 Å². The molecule has 2 aliphatic heterocycles. The van der Waals surface area contributed by atoms with Crippen molar-refractivity contribution in [3.05, 3.63) is 0 Å². The summed E-state index contributed by atoms with van der Waals surface area (Å²) in [6.07, 6.45) is 8.10. The Hall–Kier alpha value is -0.760. The molecular formula is C20H38Cl2N4O3. The van der Waals surface area contributed by atoms with E-state index in [2.05, 4.69) is 15.5 Å². The van der Waals surface area contributed by atoms with Crippen LogP contribution in [0.3, 0.4) is 0 Å². The summed E-state index contributed by atoms with van der Waals surface area (Å²) in [7, 11) is 1.45. The Morgan fingerprint density at radius 2 is 1.59 bits per heavy atom. The molecule has 0 atom stereocenters. The van der Waals surface area contributed by atoms with Gasteiger partial charge in [-0.25, -0.2) is 4.79 Å². The number of hydrogen-bond acceptors (Lipinski definition) is 5. The molecule has 0 aromatic rings. The number of methoxy groups -OCH3 is 1. The smallest absolute Gasteiger partial charge is 0.317 e. The third-order valence-corrected chi connectivity index (χ3v) is 6.59. The number of hydrogen-bond donors (Lipinski definition) is 2. The van der Waals surface area contributed by atoms with Gasteiger partial charge in [0.2, 0.25) is 0 Å². The number of nitrogens with one attached hydrogen (secondary N) is 2. The van der Waals surface area contributed by atoms with Gasteiger partial charge in [0.15, 0.2) is 0 Å². The number of carbonyl (C=O) groups is 2. The van der Waals surface area contributed by atoms with Crippen molar-refractivity contribution in [1.82, 2.24) is 20.4 Å². The average Bonchev–Trinajstić information content (AvgIpc) is 2.73. The molecule has 1 saturated carbocycles. The maximum Gasteiger partial charge on any atom is 0.317 e. The van der Waals surface area contributed by atoms with Crippen LogP contribution in [0.5, 0.6) is 0 Å². The molecular weight excluding hydrogens is 415 g/mol. The summed E-state index contributed by atoms with van der Waals surface area (Å²) in [6.45, 7) is 5.91. The van der Waals surface area contributed by atoms with Crippen molar-refractivity contribution in [2.75, 3.05) is 46.4 Å². The van der Waals surface area contributed by atoms with Crippen LogP contribution in [0.1, 0.15) is 51.4 Å². The lowest BCUT2D eigenvalue weighted by atomic mass is 9.83. The molecule has 2 N–H and O–H groups in total. The van der Waals surface area contributed by atoms with Crippen molar-refractivity contribution in [2.45, 2.75) is 63.5 Å². The van der Waals surface area contributed by atoms with Gasteiger partial charge in [0.1, 0.15) is 0 Å². The number of esters is 1. The Balaban J connectivity index is 0.00000210. The Kier molecular flexibility index (Phi) is 12.3. The standard InChI is InChI=1S/C20H36N4O3.2ClH/c1-27-19(25)7-4-16-2-5-17(6-3-16)22-20(26)24-14-12-23(13-15-24)18-8-10-21-11-9-18;;/h16-18,21H,2-15H2,1H3,(H,22,26);2*1H. The number of amides is 2. The Morgan fingerprint density at radius 1 is 0.966 bits per heavy atom. The number of halogens is 2. The van der Waals surface area contributed by atoms with E-state index in [-0.39, 0.29) is 42.9 Å². The first-order valence-electron chi connectivity index (χ1n) is 10.7. The van der Waals surface area contributed by atoms with Gasteiger partial charge in [0.25, 0.3) is 0 Å². The molecule has 7 nitrogen and oxygen atoms in total. The van der Waals surface area contributed by atoms with E-state index in [1.807, 2.05) is 4.90 Å². The van der Waals surface area contributed by atoms with Gasteiger partial charge in [0.05, 0.1) is 7.11 Å². The van der Waals surface area contributed by atoms with Crippen LogP contribution in [-0.4, -0.2) is 80.3 Å². The second kappa shape index (κ2) is 13.5. The minimum atomic E-state index is -0.117. The zero-order chi connectivity index (χ0) is 19.1. The predicted octanol–water partition coefficient (Wildman–Crippen LogP) is 2.42. The lowest BCUT2D eigenvalue weighted by Gasteiger charge is -2.41. The minimum Gasteiger partial charge on any atom is -0.469 e. The summed E-state index contributed by atoms with van der Waals surface area (Å²) < 4.78 is 4.72. The Labute approximate surface area is 187 Å². The molecule has 0 radical (unpaired) electrons. The fourth-order valence-corrected chi connectivity index (χ4v) is 4.75. The normalized spacial score (nSPS) is 26.0. The van der Waals surface area contributed by atoms with Gasteiger partial charge in [-0.15, -0.1) is 24.8 Å². The fourth-order valence-electron chi connectivity index (χ4n) is 4.75. The van der Waals surface area contributed by atoms with E-state index in [4.69, 9.17) is 4.74 Å². The molecule has 0 aromatic heterocycles. The highest BCUT2D eigenvalue weighted by atomic mass is 35.5. The van der Waals surface area contributed by atoms with Crippen molar-refractivity contribution < 1.29 is 14.3 Å². The van der Waals surface area contributed by atoms with E-state index in [0.29, 0.717) is 18.4 Å². The summed E-state index contributed by atoms with van der Waals surface area (Å²) >= 11 is 0. The second-order valence-electron chi connectivity index (χ2n) is 8.29. The number of piperidine rings is 1. The molecule has 0 spiro atoms. The van der Waals surface area contributed by atoms with Gasteiger partial charge in [-0.2, -0.15) is 0 Å². The molecule has 9 heteroatoms. The van der Waals surface area contributed by atoms with Gasteiger partial charge >= 0.3 is 12.0 Å². The molecule has 2 saturated heterocycles. The number of carbonyl (C=O) groups excluding carboxylic acids is 2. The lowest BCUT2D eigenvalue weighted by molar-refractivity contribution is -0.141. The van der Waals surface area contributed by atoms with Gasteiger partial charge in [0, 0.05) is 44.7 Å². The highest BCUT2D eigenvalue weighted by Gasteiger charge is 2.29. The van der Waals surface area contributed by atoms with E-state index in [0.717, 1.165) is 71.4 Å². The fraction of sp³-hybridized carbons (Fsp3) is 0.900. The molecule has 29 heavy (non-hydrogen) atoms. The zero-order valence-electron chi connectivity index (χ0n) is 17.6. The van der Waals surface area contributed by atoms with Crippen LogP contribution in [0.4, 0.5) is 4.79 Å². The molecule has 3 rings (SSSR count). The van der Waals surface area contributed by atoms with Crippen LogP contribution in [0.2, 0.25) is 0 Å². The van der Waals surface area contributed by atoms with Crippen LogP contribution in [0.15, 0.2) is 0 Å². The quantitative estimate of drug-likeness (QED) is 0.626. The molecule has 3 fully saturated rings. The van der Waals surface area contributed by atoms with Crippen LogP contribution in [-0.2, 0) is 9.53 Å². The summed E-state index contributed by atoms with van der Waals surface area (Å²) in [5.41, 5.74) is 0. The zero-order valence-corrected chi connectivity index (χ0v) is 19.2. The maximum atomic E-state index is 12.6. The minimum absolute atomic E-state index is 0. The maximum absolute atomic E-state index is 12.6. The van der Waals surface area contributed by atoms with Crippen molar-refractivity contribution in [3.63, 3.8) is 0 Å². The lowest BCUT2D eigenvalue weighted by Crippen LogP contribution is -2.56. The molecule has 3 aliphatic rings. The molecule has 2 heterocycles. The third-order valence-electron chi connectivity index (χ3n) is 6.59. The van der Waals surface area contributed by atoms with Crippen molar-refractivity contribution in [3.8, 4) is 0 Å². The van der Waals surface area contributed by atoms with E-state index in [1.165, 1.54) is 20.0 Å². The molecule has 0 unspecified atom stereocenters. The highest BCUT2D eigenvalue weighted by Crippen LogP contribution is 2.28. The summed E-state index contributed by atoms with van der Waals surface area (Å²) in [5.74, 6) is 0.472. The van der Waals surface area contributed by atoms with E-state index in [1.54, 1.807) is 0 Å². The molecule has 0 bridgehead atoms. The van der Waals surface area contributed by atoms with Crippen molar-refractivity contribution in [2.24, 2.45) is 5.92 Å². The SMILES string of the molecule is COC(=O)CCC1CCC(NC(=O)N2CCN(C3CCNCC3)CC2)CC1.Cl.Cl. The number of rotatable bonds is 5. The van der Waals surface area contributed by atoms with Gasteiger partial charge in [-0.05, 0) is 64.0 Å². The van der Waals surface area contributed by atoms with Gasteiger partial charge in [-0.1, -0.05) is 0 Å². The van der Waals surface area contributed by atoms with Crippen LogP contribution >= 0.6 is 24.8 Å². The predicted molar refractivity (Wildman–Crippen MR) is 119 cm³/mol. The Bertz CT molecular complexity index is 490. The van der Waals surface area contributed by atoms with Crippen molar-refractivity contribution in [1.29, 1.82) is 0 Å². The van der Waals surface area contributed by atoms with Gasteiger partial charge in [-0.3, -0.25) is 9.69 Å². The topological polar surface area (TPSA) is 73.9 Å². The first-order valence-corrected chi connectivity index (χ1v) is 10.7. The van der Waals surface area contributed by atoms with Gasteiger partial charge < -0.3 is 20.3 Å². The largest absolute Gasteiger partial charge is 0.469 e. The summed E-state index contributed by atoms with van der Waals surface area (Å²) in [4.78, 5) is 28.4. The van der Waals surface area contributed by atoms with E-state index < -0.39 is 0 Å². The van der Waals surface area contributed by atoms with Crippen molar-refractivity contribution >= 4 is 36.8 Å². The second-order valence-corrected chi connectivity index (χ2v) is 8.29. The van der Waals surface area contributed by atoms with Crippen LogP contribution in [0, 0.1) is 5.92 Å². The first-order chi connectivity index (χ1) is 13.2. The third kappa shape index (κ3) is 8.12. The molecule has 0 aromatic carbocycles. The monoisotopic (exact) mass is 452 g/mol. The number of nitrogens with zero attached hydrogens (tertiary/aromatic N) is 2.